The minimum Gasteiger partial charge on any atom is -0.461 e. The maximum atomic E-state index is 13.5. The summed E-state index contributed by atoms with van der Waals surface area (Å²) in [5, 5.41) is 7.85. The smallest absolute Gasteiger partial charge is 0.407 e. The van der Waals surface area contributed by atoms with Crippen LogP contribution in [0.1, 0.15) is 0 Å². The second-order valence-electron chi connectivity index (χ2n) is 15.7. The van der Waals surface area contributed by atoms with Gasteiger partial charge in [-0.2, -0.15) is 0 Å². The Morgan fingerprint density at radius 2 is 1.06 bits per heavy atom. The maximum absolute atomic E-state index is 13.5. The molecule has 0 bridgehead atoms. The van der Waals surface area contributed by atoms with Crippen LogP contribution < -0.4 is 5.32 Å². The molecule has 10 rings (SSSR count). The summed E-state index contributed by atoms with van der Waals surface area (Å²) in [6, 6.07) is 56.0. The number of thioether (sulfide) groups is 3. The standard InChI is InChI=1S/C54H42N2O4S6/c1-2-49(57)59-30-29-55-52(58)60-31-54(34-63-53-56-43-23-7-12-28-48(43)66-53,32-61-44-24-8-3-15-35(44)39-19-13-21-41-37-17-5-10-26-46(37)64-50(39)41)33-62-45-25-9-4-16-36(45)40-20-14-22-42-38-18-6-11-27-47(38)65-51(40)42/h2-28H,1,29-34H2,(H,55,58). The van der Waals surface area contributed by atoms with Gasteiger partial charge in [0, 0.05) is 90.0 Å². The van der Waals surface area contributed by atoms with Crippen molar-refractivity contribution in [3.63, 3.8) is 0 Å². The average Bonchev–Trinajstić information content (AvgIpc) is 4.08. The molecule has 7 aromatic carbocycles. The lowest BCUT2D eigenvalue weighted by Crippen LogP contribution is -2.39. The number of esters is 1. The van der Waals surface area contributed by atoms with Crippen molar-refractivity contribution in [2.24, 2.45) is 5.41 Å². The van der Waals surface area contributed by atoms with Crippen molar-refractivity contribution in [3.8, 4) is 22.3 Å². The van der Waals surface area contributed by atoms with E-state index in [0.717, 1.165) is 30.4 Å². The highest BCUT2D eigenvalue weighted by Gasteiger charge is 2.35. The number of carbonyl (C=O) groups excluding carboxylic acids is 2. The van der Waals surface area contributed by atoms with E-state index in [1.807, 2.05) is 58.3 Å². The summed E-state index contributed by atoms with van der Waals surface area (Å²) in [6.45, 7) is 3.72. The van der Waals surface area contributed by atoms with Crippen molar-refractivity contribution < 1.29 is 19.1 Å². The minimum absolute atomic E-state index is 0.0109. The number of thiophene rings is 2. The largest absolute Gasteiger partial charge is 0.461 e. The molecule has 3 heterocycles. The summed E-state index contributed by atoms with van der Waals surface area (Å²) in [5.74, 6) is 1.39. The zero-order valence-corrected chi connectivity index (χ0v) is 40.5. The fourth-order valence-electron chi connectivity index (χ4n) is 8.02. The van der Waals surface area contributed by atoms with Gasteiger partial charge in [0.2, 0.25) is 0 Å². The zero-order valence-electron chi connectivity index (χ0n) is 35.6. The summed E-state index contributed by atoms with van der Waals surface area (Å²) < 4.78 is 18.5. The monoisotopic (exact) mass is 974 g/mol. The molecule has 1 amide bonds. The first-order valence-corrected chi connectivity index (χ1v) is 26.8. The van der Waals surface area contributed by atoms with E-state index in [0.29, 0.717) is 17.3 Å². The number of para-hydroxylation sites is 1. The van der Waals surface area contributed by atoms with E-state index in [2.05, 4.69) is 157 Å². The number of fused-ring (bicyclic) bond motifs is 7. The van der Waals surface area contributed by atoms with E-state index in [1.165, 1.54) is 62.6 Å². The van der Waals surface area contributed by atoms with Gasteiger partial charge in [0.25, 0.3) is 0 Å². The van der Waals surface area contributed by atoms with E-state index in [-0.39, 0.29) is 19.8 Å². The summed E-state index contributed by atoms with van der Waals surface area (Å²) in [6.07, 6.45) is 0.537. The fourth-order valence-corrected chi connectivity index (χ4v) is 15.6. The Morgan fingerprint density at radius 1 is 0.561 bits per heavy atom. The number of hydrogen-bond acceptors (Lipinski definition) is 11. The van der Waals surface area contributed by atoms with E-state index in [4.69, 9.17) is 14.5 Å². The van der Waals surface area contributed by atoms with Crippen LogP contribution in [0.15, 0.2) is 185 Å². The number of carbonyl (C=O) groups is 2. The Kier molecular flexibility index (Phi) is 13.5. The van der Waals surface area contributed by atoms with Gasteiger partial charge >= 0.3 is 12.1 Å². The van der Waals surface area contributed by atoms with Crippen LogP contribution in [0.3, 0.4) is 0 Å². The molecule has 0 fully saturated rings. The Morgan fingerprint density at radius 3 is 1.65 bits per heavy atom. The first kappa shape index (κ1) is 44.2. The molecular formula is C54H42N2O4S6. The van der Waals surface area contributed by atoms with E-state index in [1.54, 1.807) is 23.1 Å². The van der Waals surface area contributed by atoms with Crippen LogP contribution in [0.5, 0.6) is 0 Å². The molecule has 0 saturated heterocycles. The third kappa shape index (κ3) is 9.49. The number of hydrogen-bond donors (Lipinski definition) is 1. The number of thiazole rings is 1. The molecular weight excluding hydrogens is 933 g/mol. The van der Waals surface area contributed by atoms with Crippen molar-refractivity contribution in [2.75, 3.05) is 37.0 Å². The quantitative estimate of drug-likeness (QED) is 0.0418. The molecule has 6 nitrogen and oxygen atoms in total. The van der Waals surface area contributed by atoms with Gasteiger partial charge in [-0.05, 0) is 47.5 Å². The van der Waals surface area contributed by atoms with Gasteiger partial charge in [0.1, 0.15) is 13.2 Å². The lowest BCUT2D eigenvalue weighted by molar-refractivity contribution is -0.137. The summed E-state index contributed by atoms with van der Waals surface area (Å²) in [7, 11) is 0. The molecule has 0 saturated carbocycles. The van der Waals surface area contributed by atoms with Gasteiger partial charge < -0.3 is 14.8 Å². The van der Waals surface area contributed by atoms with E-state index >= 15 is 0 Å². The van der Waals surface area contributed by atoms with Crippen LogP contribution in [-0.4, -0.2) is 54.1 Å². The van der Waals surface area contributed by atoms with Gasteiger partial charge in [0.05, 0.1) is 16.8 Å². The highest BCUT2D eigenvalue weighted by atomic mass is 32.2. The molecule has 1 N–H and O–H groups in total. The van der Waals surface area contributed by atoms with Gasteiger partial charge in [-0.3, -0.25) is 0 Å². The number of ether oxygens (including phenoxy) is 2. The first-order chi connectivity index (χ1) is 32.4. The number of nitrogens with zero attached hydrogens (tertiary/aromatic N) is 1. The Labute approximate surface area is 407 Å². The maximum Gasteiger partial charge on any atom is 0.407 e. The first-order valence-electron chi connectivity index (χ1n) is 21.4. The minimum atomic E-state index is -0.567. The number of aromatic nitrogens is 1. The van der Waals surface area contributed by atoms with Crippen molar-refractivity contribution >= 4 is 132 Å². The third-order valence-electron chi connectivity index (χ3n) is 11.3. The molecule has 3 aromatic heterocycles. The summed E-state index contributed by atoms with van der Waals surface area (Å²) >= 11 is 10.7. The highest BCUT2D eigenvalue weighted by Crippen LogP contribution is 2.47. The number of alkyl carbamates (subject to hydrolysis) is 1. The van der Waals surface area contributed by atoms with E-state index in [9.17, 15) is 9.59 Å². The second kappa shape index (κ2) is 20.1. The second-order valence-corrected chi connectivity index (χ2v) is 22.1. The summed E-state index contributed by atoms with van der Waals surface area (Å²) in [4.78, 5) is 32.5. The number of benzene rings is 7. The summed E-state index contributed by atoms with van der Waals surface area (Å²) in [5.41, 5.74) is 5.18. The molecule has 0 aliphatic rings. The molecule has 328 valence electrons. The lowest BCUT2D eigenvalue weighted by atomic mass is 9.97. The average molecular weight is 975 g/mol. The molecule has 0 aliphatic heterocycles. The van der Waals surface area contributed by atoms with Crippen LogP contribution >= 0.6 is 69.3 Å². The van der Waals surface area contributed by atoms with Crippen LogP contribution in [0, 0.1) is 5.41 Å². The normalized spacial score (nSPS) is 11.8. The van der Waals surface area contributed by atoms with Crippen LogP contribution in [-0.2, 0) is 14.3 Å². The fraction of sp³-hybridized carbons (Fsp3) is 0.130. The Hall–Kier alpha value is -5.60. The topological polar surface area (TPSA) is 77.5 Å². The molecule has 0 radical (unpaired) electrons. The highest BCUT2D eigenvalue weighted by molar-refractivity contribution is 8.02. The number of rotatable bonds is 17. The third-order valence-corrected chi connectivity index (χ3v) is 19.1. The van der Waals surface area contributed by atoms with Crippen molar-refractivity contribution in [1.29, 1.82) is 0 Å². The van der Waals surface area contributed by atoms with E-state index < -0.39 is 17.5 Å². The van der Waals surface area contributed by atoms with Gasteiger partial charge in [-0.25, -0.2) is 14.6 Å². The van der Waals surface area contributed by atoms with Crippen molar-refractivity contribution in [2.45, 2.75) is 14.1 Å². The van der Waals surface area contributed by atoms with Gasteiger partial charge in [-0.15, -0.1) is 57.5 Å². The van der Waals surface area contributed by atoms with Crippen molar-refractivity contribution in [1.82, 2.24) is 10.3 Å². The number of nitrogens with one attached hydrogen (secondary N) is 1. The zero-order chi connectivity index (χ0) is 44.9. The SMILES string of the molecule is C=CC(=O)OCCNC(=O)OCC(CSc1nc2ccccc2s1)(CSc1ccccc1-c1cccc2c1sc1ccccc12)CSc1ccccc1-c1cccc2c1sc1ccccc12. The number of amides is 1. The predicted molar refractivity (Wildman–Crippen MR) is 284 cm³/mol. The molecule has 0 aliphatic carbocycles. The lowest BCUT2D eigenvalue weighted by Gasteiger charge is -2.33. The molecule has 0 spiro atoms. The Bertz CT molecular complexity index is 3200. The van der Waals surface area contributed by atoms with Gasteiger partial charge in [0.15, 0.2) is 4.34 Å². The van der Waals surface area contributed by atoms with Gasteiger partial charge in [-0.1, -0.05) is 140 Å². The van der Waals surface area contributed by atoms with Crippen LogP contribution in [0.4, 0.5) is 4.79 Å². The predicted octanol–water partition coefficient (Wildman–Crippen LogP) is 15.5. The van der Waals surface area contributed by atoms with Crippen molar-refractivity contribution in [3.05, 3.63) is 170 Å². The molecule has 10 aromatic rings. The molecule has 66 heavy (non-hydrogen) atoms. The molecule has 0 unspecified atom stereocenters. The van der Waals surface area contributed by atoms with Crippen LogP contribution in [0.25, 0.3) is 72.8 Å². The molecule has 12 heteroatoms. The molecule has 0 atom stereocenters. The Balaban J connectivity index is 1.01. The van der Waals surface area contributed by atoms with Crippen LogP contribution in [0.2, 0.25) is 0 Å².